The Morgan fingerprint density at radius 1 is 0.240 bits per heavy atom. The van der Waals surface area contributed by atoms with Crippen molar-refractivity contribution in [2.45, 2.75) is 400 Å². The topological polar surface area (TPSA) is 52.6 Å². The van der Waals surface area contributed by atoms with E-state index in [9.17, 15) is 9.59 Å². The first-order chi connectivity index (χ1) is 37.1. The average molecular weight is 1050 g/mol. The number of carbonyl (C=O) groups excluding carboxylic acids is 2. The fourth-order valence-corrected chi connectivity index (χ4v) is 11.2. The molecule has 0 aliphatic carbocycles. The van der Waals surface area contributed by atoms with Crippen LogP contribution >= 0.6 is 0 Å². The number of hydrogen-bond acceptors (Lipinski definition) is 4. The van der Waals surface area contributed by atoms with Gasteiger partial charge in [-0.2, -0.15) is 0 Å². The van der Waals surface area contributed by atoms with Crippen LogP contribution in [-0.4, -0.2) is 25.2 Å². The SMILES string of the molecule is CCCCCCCC/C=C\CCCCCCCCOC(=O)C(CCCCCCCCCCCCCCCC)(CCCCCCCCCCCCCCCC)C(=O)OCCCCCCCC/C=C\CCCCCCCC. The number of carbonyl (C=O) groups is 2. The molecule has 0 amide bonds. The number of unbranched alkanes of at least 4 members (excludes halogenated alkanes) is 50. The molecule has 0 atom stereocenters. The van der Waals surface area contributed by atoms with Gasteiger partial charge in [0, 0.05) is 0 Å². The van der Waals surface area contributed by atoms with Crippen LogP contribution in [-0.2, 0) is 19.1 Å². The zero-order valence-corrected chi connectivity index (χ0v) is 51.9. The third-order valence-corrected chi connectivity index (χ3v) is 16.5. The van der Waals surface area contributed by atoms with Gasteiger partial charge in [-0.1, -0.05) is 347 Å². The number of hydrogen-bond donors (Lipinski definition) is 0. The van der Waals surface area contributed by atoms with Gasteiger partial charge >= 0.3 is 11.9 Å². The number of allylic oxidation sites excluding steroid dienone is 4. The van der Waals surface area contributed by atoms with Gasteiger partial charge in [0.2, 0.25) is 0 Å². The molecular formula is C71H136O4. The summed E-state index contributed by atoms with van der Waals surface area (Å²) in [6, 6.07) is 0. The lowest BCUT2D eigenvalue weighted by Crippen LogP contribution is -2.42. The summed E-state index contributed by atoms with van der Waals surface area (Å²) in [5.74, 6) is -0.573. The Bertz CT molecular complexity index is 1080. The van der Waals surface area contributed by atoms with Crippen LogP contribution in [0.2, 0.25) is 0 Å². The van der Waals surface area contributed by atoms with Gasteiger partial charge in [0.05, 0.1) is 13.2 Å². The van der Waals surface area contributed by atoms with Crippen LogP contribution in [0.5, 0.6) is 0 Å². The first kappa shape index (κ1) is 73.4. The Labute approximate surface area is 471 Å². The molecule has 0 saturated carbocycles. The minimum atomic E-state index is -1.17. The maximum absolute atomic E-state index is 14.4. The lowest BCUT2D eigenvalue weighted by Gasteiger charge is -2.30. The number of ether oxygens (including phenoxy) is 2. The van der Waals surface area contributed by atoms with Crippen molar-refractivity contribution >= 4 is 11.9 Å². The van der Waals surface area contributed by atoms with Crippen molar-refractivity contribution in [2.75, 3.05) is 13.2 Å². The van der Waals surface area contributed by atoms with E-state index in [2.05, 4.69) is 52.0 Å². The van der Waals surface area contributed by atoms with Crippen LogP contribution in [0.25, 0.3) is 0 Å². The third-order valence-electron chi connectivity index (χ3n) is 16.5. The maximum Gasteiger partial charge on any atom is 0.323 e. The molecule has 0 radical (unpaired) electrons. The summed E-state index contributed by atoms with van der Waals surface area (Å²) in [5.41, 5.74) is -1.17. The van der Waals surface area contributed by atoms with Crippen LogP contribution in [0.15, 0.2) is 24.3 Å². The molecule has 0 aliphatic heterocycles. The standard InChI is InChI=1S/C71H136O4/c1-5-9-13-17-21-25-29-33-37-39-43-47-51-55-59-63-67-74-69(72)71(65-61-57-53-49-45-41-35-31-27-23-19-15-11-7-3,66-62-58-54-50-46-42-36-32-28-24-20-16-12-8-4)70(73)75-68-64-60-56-52-48-44-40-38-34-30-26-22-18-14-10-6-2/h33-34,37-38H,5-32,35-36,39-68H2,1-4H3/b37-33-,38-34-. The highest BCUT2D eigenvalue weighted by molar-refractivity contribution is 6.00. The van der Waals surface area contributed by atoms with E-state index in [1.165, 1.54) is 308 Å². The number of rotatable bonds is 64. The summed E-state index contributed by atoms with van der Waals surface area (Å²) in [5, 5.41) is 0. The Morgan fingerprint density at radius 3 is 0.627 bits per heavy atom. The molecule has 0 bridgehead atoms. The molecule has 4 heteroatoms. The van der Waals surface area contributed by atoms with Crippen LogP contribution in [0.3, 0.4) is 0 Å². The second-order valence-corrected chi connectivity index (χ2v) is 23.9. The Morgan fingerprint density at radius 2 is 0.413 bits per heavy atom. The second kappa shape index (κ2) is 63.3. The highest BCUT2D eigenvalue weighted by Gasteiger charge is 2.47. The molecule has 0 fully saturated rings. The molecule has 0 N–H and O–H groups in total. The van der Waals surface area contributed by atoms with Gasteiger partial charge < -0.3 is 9.47 Å². The highest BCUT2D eigenvalue weighted by Crippen LogP contribution is 2.36. The van der Waals surface area contributed by atoms with Crippen molar-refractivity contribution in [3.8, 4) is 0 Å². The van der Waals surface area contributed by atoms with Gasteiger partial charge in [0.1, 0.15) is 0 Å². The van der Waals surface area contributed by atoms with E-state index in [1.54, 1.807) is 0 Å². The second-order valence-electron chi connectivity index (χ2n) is 23.9. The van der Waals surface area contributed by atoms with Crippen molar-refractivity contribution in [3.05, 3.63) is 24.3 Å². The molecule has 0 aromatic heterocycles. The van der Waals surface area contributed by atoms with Crippen molar-refractivity contribution in [2.24, 2.45) is 5.41 Å². The van der Waals surface area contributed by atoms with Gasteiger partial charge in [-0.05, 0) is 77.0 Å². The predicted molar refractivity (Wildman–Crippen MR) is 333 cm³/mol. The normalized spacial score (nSPS) is 12.0. The van der Waals surface area contributed by atoms with E-state index in [4.69, 9.17) is 9.47 Å². The molecule has 0 saturated heterocycles. The van der Waals surface area contributed by atoms with E-state index in [1.807, 2.05) is 0 Å². The minimum Gasteiger partial charge on any atom is -0.465 e. The van der Waals surface area contributed by atoms with E-state index in [-0.39, 0.29) is 11.9 Å². The molecule has 0 aromatic carbocycles. The van der Waals surface area contributed by atoms with E-state index < -0.39 is 5.41 Å². The molecular weight excluding hydrogens is 917 g/mol. The minimum absolute atomic E-state index is 0.286. The zero-order chi connectivity index (χ0) is 54.3. The van der Waals surface area contributed by atoms with Crippen LogP contribution in [0.4, 0.5) is 0 Å². The summed E-state index contributed by atoms with van der Waals surface area (Å²) < 4.78 is 12.3. The fraction of sp³-hybridized carbons (Fsp3) is 0.915. The van der Waals surface area contributed by atoms with Crippen LogP contribution in [0.1, 0.15) is 400 Å². The number of esters is 2. The summed E-state index contributed by atoms with van der Waals surface area (Å²) in [6.07, 6.45) is 82.1. The fourth-order valence-electron chi connectivity index (χ4n) is 11.2. The summed E-state index contributed by atoms with van der Waals surface area (Å²) in [6.45, 7) is 10.0. The molecule has 0 aromatic rings. The van der Waals surface area contributed by atoms with Crippen molar-refractivity contribution in [1.82, 2.24) is 0 Å². The van der Waals surface area contributed by atoms with E-state index >= 15 is 0 Å². The monoisotopic (exact) mass is 1050 g/mol. The molecule has 0 aliphatic rings. The largest absolute Gasteiger partial charge is 0.465 e. The Hall–Kier alpha value is -1.58. The van der Waals surface area contributed by atoms with Gasteiger partial charge in [-0.3, -0.25) is 9.59 Å². The maximum atomic E-state index is 14.4. The van der Waals surface area contributed by atoms with Crippen molar-refractivity contribution < 1.29 is 19.1 Å². The summed E-state index contributed by atoms with van der Waals surface area (Å²) in [7, 11) is 0. The van der Waals surface area contributed by atoms with E-state index in [0.29, 0.717) is 26.1 Å². The predicted octanol–water partition coefficient (Wildman–Crippen LogP) is 24.9. The third kappa shape index (κ3) is 52.9. The van der Waals surface area contributed by atoms with Crippen molar-refractivity contribution in [1.29, 1.82) is 0 Å². The first-order valence-corrected chi connectivity index (χ1v) is 34.7. The molecule has 444 valence electrons. The molecule has 0 rings (SSSR count). The smallest absolute Gasteiger partial charge is 0.323 e. The highest BCUT2D eigenvalue weighted by atomic mass is 16.6. The summed E-state index contributed by atoms with van der Waals surface area (Å²) >= 11 is 0. The van der Waals surface area contributed by atoms with Crippen molar-refractivity contribution in [3.63, 3.8) is 0 Å². The zero-order valence-electron chi connectivity index (χ0n) is 51.9. The van der Waals surface area contributed by atoms with Gasteiger partial charge in [-0.25, -0.2) is 0 Å². The molecule has 0 heterocycles. The first-order valence-electron chi connectivity index (χ1n) is 34.7. The van der Waals surface area contributed by atoms with Gasteiger partial charge in [0.15, 0.2) is 5.41 Å². The lowest BCUT2D eigenvalue weighted by atomic mass is 9.77. The summed E-state index contributed by atoms with van der Waals surface area (Å²) in [4.78, 5) is 28.9. The van der Waals surface area contributed by atoms with Crippen LogP contribution < -0.4 is 0 Å². The molecule has 0 spiro atoms. The molecule has 0 unspecified atom stereocenters. The quantitative estimate of drug-likeness (QED) is 0.0264. The van der Waals surface area contributed by atoms with Gasteiger partial charge in [-0.15, -0.1) is 0 Å². The molecule has 75 heavy (non-hydrogen) atoms. The molecule has 4 nitrogen and oxygen atoms in total. The average Bonchev–Trinajstić information content (AvgIpc) is 3.42. The van der Waals surface area contributed by atoms with Gasteiger partial charge in [0.25, 0.3) is 0 Å². The lowest BCUT2D eigenvalue weighted by molar-refractivity contribution is -0.174. The Balaban J connectivity index is 5.25. The Kier molecular flexibility index (Phi) is 61.9. The van der Waals surface area contributed by atoms with E-state index in [0.717, 1.165) is 51.4 Å². The van der Waals surface area contributed by atoms with Crippen LogP contribution in [0, 0.1) is 5.41 Å².